The molecule has 1 amide bonds. The largest absolute Gasteiger partial charge is 0.481 e. The predicted molar refractivity (Wildman–Crippen MR) is 150 cm³/mol. The van der Waals surface area contributed by atoms with Gasteiger partial charge < -0.3 is 30.2 Å². The summed E-state index contributed by atoms with van der Waals surface area (Å²) in [5.41, 5.74) is -0.492. The normalized spacial score (nSPS) is 17.2. The number of carbonyl (C=O) groups is 3. The number of ether oxygens (including phenoxy) is 1. The van der Waals surface area contributed by atoms with E-state index in [0.29, 0.717) is 41.5 Å². The van der Waals surface area contributed by atoms with E-state index < -0.39 is 17.2 Å². The number of anilines is 1. The molecule has 1 aliphatic carbocycles. The molecule has 2 aromatic heterocycles. The van der Waals surface area contributed by atoms with Gasteiger partial charge >= 0.3 is 5.97 Å². The van der Waals surface area contributed by atoms with Crippen molar-refractivity contribution in [2.24, 2.45) is 17.3 Å². The van der Waals surface area contributed by atoms with Crippen LogP contribution in [-0.2, 0) is 14.4 Å². The van der Waals surface area contributed by atoms with Crippen LogP contribution >= 0.6 is 0 Å². The van der Waals surface area contributed by atoms with E-state index >= 15 is 0 Å². The SMILES string of the molecule is C=O.CNC(=O)/C=C(/Nc1ccc(Oc2ccc(F)cn2)c(C)n1)N(CC1CCC(C)CC1)CC(C)(C)C(=O)O. The van der Waals surface area contributed by atoms with Crippen LogP contribution in [0.5, 0.6) is 11.6 Å². The summed E-state index contributed by atoms with van der Waals surface area (Å²) in [7, 11) is 1.54. The summed E-state index contributed by atoms with van der Waals surface area (Å²) in [5.74, 6) is 1.01. The highest BCUT2D eigenvalue weighted by Crippen LogP contribution is 2.31. The Morgan fingerprint density at radius 3 is 2.42 bits per heavy atom. The van der Waals surface area contributed by atoms with Crippen LogP contribution in [0, 0.1) is 30.0 Å². The lowest BCUT2D eigenvalue weighted by atomic mass is 9.82. The molecule has 11 heteroatoms. The molecule has 0 aromatic carbocycles. The highest BCUT2D eigenvalue weighted by molar-refractivity contribution is 5.88. The van der Waals surface area contributed by atoms with Crippen LogP contribution in [0.1, 0.15) is 52.1 Å². The molecule has 3 rings (SSSR count). The number of amides is 1. The highest BCUT2D eigenvalue weighted by atomic mass is 19.1. The maximum Gasteiger partial charge on any atom is 0.310 e. The van der Waals surface area contributed by atoms with E-state index in [4.69, 9.17) is 9.53 Å². The Hall–Kier alpha value is -4.02. The van der Waals surface area contributed by atoms with Gasteiger partial charge in [-0.2, -0.15) is 0 Å². The molecular formula is C29H40FN5O5. The maximum absolute atomic E-state index is 13.2. The molecule has 0 unspecified atom stereocenters. The number of nitrogens with zero attached hydrogens (tertiary/aromatic N) is 3. The number of carboxylic acids is 1. The molecule has 0 bridgehead atoms. The molecule has 0 aliphatic heterocycles. The summed E-state index contributed by atoms with van der Waals surface area (Å²) in [5, 5.41) is 15.7. The first-order valence-electron chi connectivity index (χ1n) is 13.2. The minimum Gasteiger partial charge on any atom is -0.481 e. The summed E-state index contributed by atoms with van der Waals surface area (Å²) in [6, 6.07) is 6.10. The Balaban J connectivity index is 0.00000274. The van der Waals surface area contributed by atoms with E-state index in [9.17, 15) is 19.1 Å². The van der Waals surface area contributed by atoms with Crippen molar-refractivity contribution in [2.45, 2.75) is 53.4 Å². The zero-order valence-electron chi connectivity index (χ0n) is 23.9. The lowest BCUT2D eigenvalue weighted by Crippen LogP contribution is -2.43. The van der Waals surface area contributed by atoms with Crippen LogP contribution in [-0.4, -0.2) is 58.8 Å². The van der Waals surface area contributed by atoms with E-state index in [2.05, 4.69) is 27.5 Å². The van der Waals surface area contributed by atoms with Crippen molar-refractivity contribution in [3.05, 3.63) is 53.9 Å². The second-order valence-electron chi connectivity index (χ2n) is 10.7. The zero-order chi connectivity index (χ0) is 29.9. The number of likely N-dealkylation sites (N-methyl/N-ethyl adjacent to an activating group) is 1. The first-order valence-corrected chi connectivity index (χ1v) is 13.2. The van der Waals surface area contributed by atoms with E-state index in [1.165, 1.54) is 18.2 Å². The van der Waals surface area contributed by atoms with Crippen molar-refractivity contribution < 1.29 is 28.6 Å². The number of aromatic nitrogens is 2. The standard InChI is InChI=1S/C28H38FN5O4.CH2O/c1-18-6-8-20(9-7-18)16-34(17-28(3,4)27(36)37)24(14-25(35)30-5)33-23-12-11-22(19(2)32-23)38-26-13-10-21(29)15-31-26;1-2/h10-15,18,20H,6-9,16-17H2,1-5H3,(H,30,35)(H,32,33)(H,36,37);1H2/b24-14-;. The Morgan fingerprint density at radius 1 is 1.20 bits per heavy atom. The lowest BCUT2D eigenvalue weighted by molar-refractivity contribution is -0.147. The number of carboxylic acid groups (broad SMARTS) is 1. The fourth-order valence-electron chi connectivity index (χ4n) is 4.41. The van der Waals surface area contributed by atoms with Gasteiger partial charge in [-0.15, -0.1) is 0 Å². The zero-order valence-corrected chi connectivity index (χ0v) is 23.9. The fourth-order valence-corrected chi connectivity index (χ4v) is 4.41. The molecule has 40 heavy (non-hydrogen) atoms. The van der Waals surface area contributed by atoms with Gasteiger partial charge in [-0.3, -0.25) is 9.59 Å². The highest BCUT2D eigenvalue weighted by Gasteiger charge is 2.32. The molecule has 1 saturated carbocycles. The van der Waals surface area contributed by atoms with Gasteiger partial charge in [0, 0.05) is 32.3 Å². The van der Waals surface area contributed by atoms with E-state index in [0.717, 1.165) is 31.9 Å². The summed E-state index contributed by atoms with van der Waals surface area (Å²) < 4.78 is 18.9. The summed E-state index contributed by atoms with van der Waals surface area (Å²) >= 11 is 0. The van der Waals surface area contributed by atoms with Gasteiger partial charge in [-0.05, 0) is 63.6 Å². The van der Waals surface area contributed by atoms with Crippen molar-refractivity contribution in [2.75, 3.05) is 25.5 Å². The van der Waals surface area contributed by atoms with Crippen LogP contribution < -0.4 is 15.4 Å². The molecule has 0 saturated heterocycles. The van der Waals surface area contributed by atoms with Gasteiger partial charge in [0.1, 0.15) is 24.2 Å². The first-order chi connectivity index (χ1) is 19.0. The van der Waals surface area contributed by atoms with E-state index in [-0.39, 0.29) is 18.3 Å². The number of aliphatic carboxylic acids is 1. The molecule has 2 aromatic rings. The number of pyridine rings is 2. The van der Waals surface area contributed by atoms with Crippen LogP contribution in [0.25, 0.3) is 0 Å². The van der Waals surface area contributed by atoms with Gasteiger partial charge in [0.05, 0.1) is 17.3 Å². The number of nitrogens with one attached hydrogen (secondary N) is 2. The molecule has 3 N–H and O–H groups in total. The minimum absolute atomic E-state index is 0.209. The first kappa shape index (κ1) is 32.2. The average Bonchev–Trinajstić information content (AvgIpc) is 2.92. The van der Waals surface area contributed by atoms with Crippen molar-refractivity contribution in [3.8, 4) is 11.6 Å². The molecule has 1 aliphatic rings. The molecule has 1 fully saturated rings. The molecule has 218 valence electrons. The molecule has 10 nitrogen and oxygen atoms in total. The summed E-state index contributed by atoms with van der Waals surface area (Å²) in [4.78, 5) is 42.9. The second kappa shape index (κ2) is 14.9. The van der Waals surface area contributed by atoms with Crippen LogP contribution in [0.4, 0.5) is 10.2 Å². The van der Waals surface area contributed by atoms with Crippen LogP contribution in [0.2, 0.25) is 0 Å². The smallest absolute Gasteiger partial charge is 0.310 e. The van der Waals surface area contributed by atoms with Crippen LogP contribution in [0.15, 0.2) is 42.4 Å². The molecule has 2 heterocycles. The third kappa shape index (κ3) is 9.62. The second-order valence-corrected chi connectivity index (χ2v) is 10.7. The number of aryl methyl sites for hydroxylation is 1. The number of carbonyl (C=O) groups excluding carboxylic acids is 2. The van der Waals surface area contributed by atoms with Gasteiger partial charge in [0.25, 0.3) is 0 Å². The van der Waals surface area contributed by atoms with Crippen molar-refractivity contribution >= 4 is 24.5 Å². The van der Waals surface area contributed by atoms with Gasteiger partial charge in [-0.1, -0.05) is 19.8 Å². The Labute approximate surface area is 235 Å². The Morgan fingerprint density at radius 2 is 1.88 bits per heavy atom. The summed E-state index contributed by atoms with van der Waals surface area (Å²) in [6.45, 7) is 10.2. The number of hydrogen-bond donors (Lipinski definition) is 3. The number of halogens is 1. The van der Waals surface area contributed by atoms with Crippen molar-refractivity contribution in [3.63, 3.8) is 0 Å². The summed E-state index contributed by atoms with van der Waals surface area (Å²) in [6.07, 6.45) is 6.89. The number of rotatable bonds is 11. The molecule has 0 radical (unpaired) electrons. The minimum atomic E-state index is -1.05. The van der Waals surface area contributed by atoms with Crippen molar-refractivity contribution in [1.82, 2.24) is 20.2 Å². The molecule has 0 atom stereocenters. The third-order valence-corrected chi connectivity index (χ3v) is 6.84. The monoisotopic (exact) mass is 557 g/mol. The quantitative estimate of drug-likeness (QED) is 0.334. The Kier molecular flexibility index (Phi) is 12.0. The van der Waals surface area contributed by atoms with Gasteiger partial charge in [-0.25, -0.2) is 14.4 Å². The number of hydrogen-bond acceptors (Lipinski definition) is 8. The molecular weight excluding hydrogens is 517 g/mol. The van der Waals surface area contributed by atoms with E-state index in [1.54, 1.807) is 40.0 Å². The van der Waals surface area contributed by atoms with Crippen LogP contribution in [0.3, 0.4) is 0 Å². The fraction of sp³-hybridized carbons (Fsp3) is 0.483. The van der Waals surface area contributed by atoms with Gasteiger partial charge in [0.15, 0.2) is 5.75 Å². The topological polar surface area (TPSA) is 134 Å². The third-order valence-electron chi connectivity index (χ3n) is 6.84. The lowest BCUT2D eigenvalue weighted by Gasteiger charge is -2.37. The van der Waals surface area contributed by atoms with E-state index in [1.807, 2.05) is 11.7 Å². The maximum atomic E-state index is 13.2. The Bertz CT molecular complexity index is 1160. The van der Waals surface area contributed by atoms with Gasteiger partial charge in [0.2, 0.25) is 11.8 Å². The average molecular weight is 558 g/mol. The van der Waals surface area contributed by atoms with Crippen molar-refractivity contribution in [1.29, 1.82) is 0 Å². The molecule has 0 spiro atoms. The predicted octanol–water partition coefficient (Wildman–Crippen LogP) is 4.77.